The number of rotatable bonds is 4. The smallest absolute Gasteiger partial charge is 1.00 e. The van der Waals surface area contributed by atoms with Gasteiger partial charge in [-0.15, -0.1) is 0 Å². The Kier molecular flexibility index (Phi) is 7.74. The SMILES string of the molecule is CC(C)(C)c1cc(/C=[CH]/[Zr+]([C]2=CC=CC2)[C]2=CC=CC2)cc(C(C)(C)C)c1.[Cl-]. The van der Waals surface area contributed by atoms with Crippen LogP contribution in [0.5, 0.6) is 0 Å². The Labute approximate surface area is 186 Å². The van der Waals surface area contributed by atoms with Crippen molar-refractivity contribution in [3.63, 3.8) is 0 Å². The molecule has 0 aromatic heterocycles. The average Bonchev–Trinajstić information content (AvgIpc) is 3.27. The first-order valence-corrected chi connectivity index (χ1v) is 14.0. The van der Waals surface area contributed by atoms with Crippen LogP contribution in [0.4, 0.5) is 0 Å². The first kappa shape index (κ1) is 23.4. The Morgan fingerprint density at radius 3 is 1.57 bits per heavy atom. The van der Waals surface area contributed by atoms with Gasteiger partial charge >= 0.3 is 175 Å². The summed E-state index contributed by atoms with van der Waals surface area (Å²) in [7, 11) is 0. The summed E-state index contributed by atoms with van der Waals surface area (Å²) in [5.41, 5.74) is 4.57. The molecule has 1 aromatic rings. The van der Waals surface area contributed by atoms with Gasteiger partial charge in [0.25, 0.3) is 0 Å². The van der Waals surface area contributed by atoms with Crippen LogP contribution in [-0.2, 0) is 32.6 Å². The van der Waals surface area contributed by atoms with Gasteiger partial charge in [0.1, 0.15) is 0 Å². The zero-order valence-electron chi connectivity index (χ0n) is 18.1. The molecular weight excluding hydrogens is 439 g/mol. The molecule has 28 heavy (non-hydrogen) atoms. The van der Waals surface area contributed by atoms with E-state index in [1.54, 1.807) is 6.56 Å². The van der Waals surface area contributed by atoms with E-state index in [-0.39, 0.29) is 23.2 Å². The quantitative estimate of drug-likeness (QED) is 0.603. The van der Waals surface area contributed by atoms with Crippen LogP contribution < -0.4 is 12.4 Å². The Morgan fingerprint density at radius 2 is 1.21 bits per heavy atom. The molecule has 0 amide bonds. The largest absolute Gasteiger partial charge is 1.00 e. The number of allylic oxidation sites excluding steroid dienone is 8. The van der Waals surface area contributed by atoms with Gasteiger partial charge in [-0.05, 0) is 0 Å². The fraction of sp³-hybridized carbons (Fsp3) is 0.385. The molecule has 0 heterocycles. The minimum atomic E-state index is -1.88. The van der Waals surface area contributed by atoms with E-state index in [0.717, 1.165) is 12.8 Å². The van der Waals surface area contributed by atoms with Gasteiger partial charge in [-0.2, -0.15) is 0 Å². The summed E-state index contributed by atoms with van der Waals surface area (Å²) in [6.07, 6.45) is 18.6. The van der Waals surface area contributed by atoms with Crippen molar-refractivity contribution in [2.45, 2.75) is 65.2 Å². The zero-order chi connectivity index (χ0) is 19.7. The van der Waals surface area contributed by atoms with Gasteiger partial charge in [-0.1, -0.05) is 0 Å². The molecule has 0 fully saturated rings. The molecule has 1 aromatic carbocycles. The Morgan fingerprint density at radius 1 is 0.750 bits per heavy atom. The molecule has 0 radical (unpaired) electrons. The molecule has 0 N–H and O–H groups in total. The maximum absolute atomic E-state index is 2.61. The van der Waals surface area contributed by atoms with Crippen molar-refractivity contribution in [3.05, 3.63) is 81.7 Å². The van der Waals surface area contributed by atoms with Gasteiger partial charge in [-0.25, -0.2) is 0 Å². The maximum atomic E-state index is 2.61. The molecule has 2 heteroatoms. The van der Waals surface area contributed by atoms with Gasteiger partial charge in [0.2, 0.25) is 0 Å². The number of hydrogen-bond acceptors (Lipinski definition) is 0. The van der Waals surface area contributed by atoms with Crippen molar-refractivity contribution in [1.82, 2.24) is 0 Å². The molecule has 0 nitrogen and oxygen atoms in total. The third-order valence-corrected chi connectivity index (χ3v) is 11.8. The topological polar surface area (TPSA) is 0 Å². The van der Waals surface area contributed by atoms with Crippen LogP contribution in [0, 0.1) is 0 Å². The van der Waals surface area contributed by atoms with Crippen molar-refractivity contribution in [3.8, 4) is 0 Å². The molecule has 0 spiro atoms. The Bertz CT molecular complexity index is 789. The second-order valence-electron chi connectivity index (χ2n) is 9.74. The van der Waals surface area contributed by atoms with Crippen molar-refractivity contribution in [2.24, 2.45) is 0 Å². The molecule has 0 unspecified atom stereocenters. The van der Waals surface area contributed by atoms with E-state index in [2.05, 4.69) is 106 Å². The molecule has 0 bridgehead atoms. The van der Waals surface area contributed by atoms with Gasteiger partial charge in [0.15, 0.2) is 0 Å². The Hall–Kier alpha value is -0.907. The normalized spacial score (nSPS) is 16.4. The van der Waals surface area contributed by atoms with E-state index in [1.165, 1.54) is 16.7 Å². The molecule has 0 saturated heterocycles. The molecule has 2 aliphatic rings. The number of benzene rings is 1. The molecule has 0 aliphatic heterocycles. The first-order valence-electron chi connectivity index (χ1n) is 10.1. The van der Waals surface area contributed by atoms with Crippen LogP contribution in [-0.4, -0.2) is 0 Å². The van der Waals surface area contributed by atoms with E-state index in [0.29, 0.717) is 0 Å². The molecule has 148 valence electrons. The fourth-order valence-electron chi connectivity index (χ4n) is 3.51. The van der Waals surface area contributed by atoms with Crippen LogP contribution in [0.1, 0.15) is 71.1 Å². The summed E-state index contributed by atoms with van der Waals surface area (Å²) >= 11 is -1.88. The van der Waals surface area contributed by atoms with Gasteiger partial charge < -0.3 is 12.4 Å². The molecule has 0 atom stereocenters. The summed E-state index contributed by atoms with van der Waals surface area (Å²) in [6, 6.07) is 7.20. The molecule has 0 saturated carbocycles. The minimum absolute atomic E-state index is 0. The van der Waals surface area contributed by atoms with Crippen LogP contribution in [0.3, 0.4) is 0 Å². The summed E-state index contributed by atoms with van der Waals surface area (Å²) in [5.74, 6) is 0. The van der Waals surface area contributed by atoms with Gasteiger partial charge in [0, 0.05) is 0 Å². The van der Waals surface area contributed by atoms with E-state index in [4.69, 9.17) is 0 Å². The van der Waals surface area contributed by atoms with E-state index in [1.807, 2.05) is 0 Å². The Balaban J connectivity index is 0.00000280. The van der Waals surface area contributed by atoms with Crippen molar-refractivity contribution >= 4 is 6.08 Å². The van der Waals surface area contributed by atoms with E-state index in [9.17, 15) is 0 Å². The summed E-state index contributed by atoms with van der Waals surface area (Å²) in [5, 5.41) is 0. The predicted octanol–water partition coefficient (Wildman–Crippen LogP) is 4.56. The fourth-order valence-corrected chi connectivity index (χ4v) is 9.47. The van der Waals surface area contributed by atoms with E-state index < -0.39 is 21.8 Å². The van der Waals surface area contributed by atoms with Crippen LogP contribution in [0.15, 0.2) is 65.0 Å². The van der Waals surface area contributed by atoms with Crippen LogP contribution >= 0.6 is 0 Å². The predicted molar refractivity (Wildman–Crippen MR) is 117 cm³/mol. The average molecular weight is 472 g/mol. The molecular formula is C26H33ClZr. The maximum Gasteiger partial charge on any atom is -1.00 e. The standard InChI is InChI=1S/C16H23.2C5H5.ClH.Zr/c1-8-12-9-13(15(2,3)4)11-14(10-12)16(5,6)7;2*1-2-4-5-3-1;;/h1,8-11H,2-7H3;2*1-3H,4H2;1H;/q;;;;+1/p-1. The van der Waals surface area contributed by atoms with Crippen molar-refractivity contribution in [1.29, 1.82) is 0 Å². The molecule has 3 rings (SSSR count). The van der Waals surface area contributed by atoms with Crippen LogP contribution in [0.25, 0.3) is 6.08 Å². The second kappa shape index (κ2) is 9.27. The summed E-state index contributed by atoms with van der Waals surface area (Å²) < 4.78 is 6.01. The summed E-state index contributed by atoms with van der Waals surface area (Å²) in [4.78, 5) is 0. The minimum Gasteiger partial charge on any atom is -1.00 e. The molecule has 2 aliphatic carbocycles. The van der Waals surface area contributed by atoms with Crippen molar-refractivity contribution in [2.75, 3.05) is 0 Å². The van der Waals surface area contributed by atoms with E-state index >= 15 is 0 Å². The van der Waals surface area contributed by atoms with Gasteiger partial charge in [-0.3, -0.25) is 0 Å². The summed E-state index contributed by atoms with van der Waals surface area (Å²) in [6.45, 7) is 13.9. The number of halogens is 1. The van der Waals surface area contributed by atoms with Crippen molar-refractivity contribution < 1.29 is 34.2 Å². The third-order valence-electron chi connectivity index (χ3n) is 5.36. The van der Waals surface area contributed by atoms with Crippen LogP contribution in [0.2, 0.25) is 0 Å². The first-order chi connectivity index (χ1) is 12.6. The zero-order valence-corrected chi connectivity index (χ0v) is 21.4. The van der Waals surface area contributed by atoms with Gasteiger partial charge in [0.05, 0.1) is 0 Å². The monoisotopic (exact) mass is 470 g/mol. The number of hydrogen-bond donors (Lipinski definition) is 0. The third kappa shape index (κ3) is 5.80. The second-order valence-corrected chi connectivity index (χ2v) is 15.7.